The highest BCUT2D eigenvalue weighted by Crippen LogP contribution is 2.23. The van der Waals surface area contributed by atoms with E-state index in [0.717, 1.165) is 5.39 Å². The van der Waals surface area contributed by atoms with Crippen molar-refractivity contribution in [3.05, 3.63) is 40.5 Å². The number of rotatable bonds is 0. The molecule has 0 bridgehead atoms. The molecule has 0 N–H and O–H groups in total. The van der Waals surface area contributed by atoms with E-state index in [2.05, 4.69) is 11.1 Å². The fourth-order valence-corrected chi connectivity index (χ4v) is 1.38. The van der Waals surface area contributed by atoms with Gasteiger partial charge in [0.1, 0.15) is 0 Å². The largest absolute Gasteiger partial charge is 0.255 e. The molecule has 1 heterocycles. The molecule has 3 heteroatoms. The van der Waals surface area contributed by atoms with Crippen molar-refractivity contribution >= 4 is 34.1 Å². The standard InChI is InChI=1S/C9H4Cl2N/c10-6-1-2-7-8(11)3-4-12-9(7)5-6/h1-4H. The fourth-order valence-electron chi connectivity index (χ4n) is 1.02. The Morgan fingerprint density at radius 1 is 1.17 bits per heavy atom. The average molecular weight is 197 g/mol. The summed E-state index contributed by atoms with van der Waals surface area (Å²) < 4.78 is 0. The van der Waals surface area contributed by atoms with Gasteiger partial charge in [0, 0.05) is 17.6 Å². The zero-order chi connectivity index (χ0) is 8.55. The maximum absolute atomic E-state index is 5.91. The molecular formula is C9H4Cl2N. The first-order valence-electron chi connectivity index (χ1n) is 3.39. The second-order valence-corrected chi connectivity index (χ2v) is 3.18. The van der Waals surface area contributed by atoms with Crippen LogP contribution >= 0.6 is 23.2 Å². The third kappa shape index (κ3) is 1.26. The van der Waals surface area contributed by atoms with Gasteiger partial charge in [-0.05, 0) is 18.2 Å². The molecule has 1 aromatic carbocycles. The summed E-state index contributed by atoms with van der Waals surface area (Å²) in [6, 6.07) is 8.23. The van der Waals surface area contributed by atoms with Gasteiger partial charge in [0.05, 0.1) is 15.6 Å². The smallest absolute Gasteiger partial charge is 0.0811 e. The van der Waals surface area contributed by atoms with Crippen molar-refractivity contribution in [1.29, 1.82) is 0 Å². The van der Waals surface area contributed by atoms with Gasteiger partial charge in [-0.1, -0.05) is 23.2 Å². The van der Waals surface area contributed by atoms with Crippen molar-refractivity contribution in [3.8, 4) is 0 Å². The Kier molecular flexibility index (Phi) is 1.91. The van der Waals surface area contributed by atoms with Gasteiger partial charge < -0.3 is 0 Å². The van der Waals surface area contributed by atoms with E-state index in [-0.39, 0.29) is 0 Å². The number of nitrogens with zero attached hydrogens (tertiary/aromatic N) is 1. The molecule has 1 aromatic heterocycles. The highest BCUT2D eigenvalue weighted by Gasteiger charge is 1.99. The summed E-state index contributed by atoms with van der Waals surface area (Å²) in [5, 5.41) is 2.11. The third-order valence-corrected chi connectivity index (χ3v) is 2.12. The first-order valence-corrected chi connectivity index (χ1v) is 4.15. The Morgan fingerprint density at radius 2 is 2.00 bits per heavy atom. The molecule has 2 aromatic rings. The van der Waals surface area contributed by atoms with Crippen LogP contribution in [0.2, 0.25) is 10.0 Å². The van der Waals surface area contributed by atoms with E-state index in [9.17, 15) is 0 Å². The minimum Gasteiger partial charge on any atom is -0.255 e. The topological polar surface area (TPSA) is 12.9 Å². The van der Waals surface area contributed by atoms with Crippen LogP contribution in [0.1, 0.15) is 0 Å². The highest BCUT2D eigenvalue weighted by atomic mass is 35.5. The zero-order valence-corrected chi connectivity index (χ0v) is 7.52. The van der Waals surface area contributed by atoms with Gasteiger partial charge in [0.25, 0.3) is 0 Å². The minimum absolute atomic E-state index is 0.553. The van der Waals surface area contributed by atoms with Gasteiger partial charge in [0.15, 0.2) is 0 Å². The predicted molar refractivity (Wildman–Crippen MR) is 50.6 cm³/mol. The molecule has 0 spiro atoms. The van der Waals surface area contributed by atoms with E-state index >= 15 is 0 Å². The SMILES string of the molecule is Clc1[c]c2nccc(Cl)c2cc1. The van der Waals surface area contributed by atoms with Crippen LogP contribution in [0.15, 0.2) is 24.4 Å². The molecular weight excluding hydrogens is 193 g/mol. The quantitative estimate of drug-likeness (QED) is 0.631. The van der Waals surface area contributed by atoms with Crippen LogP contribution in [0.25, 0.3) is 10.9 Å². The van der Waals surface area contributed by atoms with Crippen LogP contribution in [0.3, 0.4) is 0 Å². The first kappa shape index (κ1) is 7.84. The molecule has 0 unspecified atom stereocenters. The van der Waals surface area contributed by atoms with E-state index in [4.69, 9.17) is 23.2 Å². The zero-order valence-electron chi connectivity index (χ0n) is 6.01. The van der Waals surface area contributed by atoms with Crippen molar-refractivity contribution in [2.24, 2.45) is 0 Å². The summed E-state index contributed by atoms with van der Waals surface area (Å²) in [5.41, 5.74) is 0.704. The molecule has 0 aliphatic carbocycles. The Bertz CT molecular complexity index is 426. The lowest BCUT2D eigenvalue weighted by Crippen LogP contribution is -1.78. The average Bonchev–Trinajstić information content (AvgIpc) is 2.04. The third-order valence-electron chi connectivity index (χ3n) is 1.57. The molecule has 0 amide bonds. The molecule has 0 aliphatic rings. The van der Waals surface area contributed by atoms with E-state index in [1.54, 1.807) is 18.3 Å². The van der Waals surface area contributed by atoms with Crippen LogP contribution in [-0.2, 0) is 0 Å². The molecule has 2 rings (SSSR count). The fraction of sp³-hybridized carbons (Fsp3) is 0. The van der Waals surface area contributed by atoms with Crippen molar-refractivity contribution < 1.29 is 0 Å². The molecule has 1 radical (unpaired) electrons. The van der Waals surface area contributed by atoms with Crippen LogP contribution in [0.5, 0.6) is 0 Å². The summed E-state index contributed by atoms with van der Waals surface area (Å²) in [4.78, 5) is 4.08. The van der Waals surface area contributed by atoms with Gasteiger partial charge in [0.2, 0.25) is 0 Å². The molecule has 0 atom stereocenters. The second kappa shape index (κ2) is 2.92. The Labute approximate surface area is 79.9 Å². The van der Waals surface area contributed by atoms with E-state index in [1.807, 2.05) is 6.07 Å². The normalized spacial score (nSPS) is 10.5. The lowest BCUT2D eigenvalue weighted by atomic mass is 10.2. The van der Waals surface area contributed by atoms with Gasteiger partial charge in [-0.3, -0.25) is 4.98 Å². The number of aromatic nitrogens is 1. The van der Waals surface area contributed by atoms with E-state index in [0.29, 0.717) is 15.6 Å². The monoisotopic (exact) mass is 196 g/mol. The summed E-state index contributed by atoms with van der Waals surface area (Å²) >= 11 is 11.6. The maximum Gasteiger partial charge on any atom is 0.0811 e. The molecule has 0 fully saturated rings. The summed E-state index contributed by atoms with van der Waals surface area (Å²) in [7, 11) is 0. The van der Waals surface area contributed by atoms with Gasteiger partial charge in [-0.25, -0.2) is 0 Å². The molecule has 1 nitrogen and oxygen atoms in total. The van der Waals surface area contributed by atoms with Crippen molar-refractivity contribution in [1.82, 2.24) is 4.98 Å². The minimum atomic E-state index is 0.553. The molecule has 0 saturated carbocycles. The second-order valence-electron chi connectivity index (χ2n) is 2.36. The van der Waals surface area contributed by atoms with Crippen LogP contribution in [0.4, 0.5) is 0 Å². The van der Waals surface area contributed by atoms with Crippen LogP contribution < -0.4 is 0 Å². The molecule has 0 saturated heterocycles. The number of pyridine rings is 1. The van der Waals surface area contributed by atoms with Crippen LogP contribution in [-0.4, -0.2) is 4.98 Å². The van der Waals surface area contributed by atoms with Gasteiger partial charge in [-0.2, -0.15) is 0 Å². The first-order chi connectivity index (χ1) is 5.77. The number of fused-ring (bicyclic) bond motifs is 1. The number of halogens is 2. The molecule has 12 heavy (non-hydrogen) atoms. The van der Waals surface area contributed by atoms with Gasteiger partial charge in [-0.15, -0.1) is 0 Å². The van der Waals surface area contributed by atoms with Crippen molar-refractivity contribution in [2.45, 2.75) is 0 Å². The number of benzene rings is 1. The maximum atomic E-state index is 5.91. The number of hydrogen-bond donors (Lipinski definition) is 0. The lowest BCUT2D eigenvalue weighted by molar-refractivity contribution is 1.41. The Balaban J connectivity index is 2.86. The number of hydrogen-bond acceptors (Lipinski definition) is 1. The molecule has 59 valence electrons. The van der Waals surface area contributed by atoms with Crippen molar-refractivity contribution in [3.63, 3.8) is 0 Å². The summed E-state index contributed by atoms with van der Waals surface area (Å²) in [5.74, 6) is 0. The highest BCUT2D eigenvalue weighted by molar-refractivity contribution is 6.36. The Morgan fingerprint density at radius 3 is 2.83 bits per heavy atom. The van der Waals surface area contributed by atoms with Gasteiger partial charge >= 0.3 is 0 Å². The van der Waals surface area contributed by atoms with Crippen LogP contribution in [0, 0.1) is 6.07 Å². The predicted octanol–water partition coefficient (Wildman–Crippen LogP) is 3.34. The Hall–Kier alpha value is -0.790. The molecule has 0 aliphatic heterocycles. The summed E-state index contributed by atoms with van der Waals surface area (Å²) in [6.45, 7) is 0. The van der Waals surface area contributed by atoms with E-state index in [1.165, 1.54) is 0 Å². The van der Waals surface area contributed by atoms with Crippen molar-refractivity contribution in [2.75, 3.05) is 0 Å². The summed E-state index contributed by atoms with van der Waals surface area (Å²) in [6.07, 6.45) is 1.64. The van der Waals surface area contributed by atoms with E-state index < -0.39 is 0 Å². The lowest BCUT2D eigenvalue weighted by Gasteiger charge is -1.97.